The van der Waals surface area contributed by atoms with Crippen LogP contribution in [-0.2, 0) is 0 Å². The fraction of sp³-hybridized carbons (Fsp3) is 0.500. The van der Waals surface area contributed by atoms with Crippen LogP contribution in [0.2, 0.25) is 0 Å². The molecule has 0 amide bonds. The smallest absolute Gasteiger partial charge is 0.128 e. The van der Waals surface area contributed by atoms with Crippen LogP contribution in [0.5, 0.6) is 11.5 Å². The maximum absolute atomic E-state index is 5.84. The third-order valence-electron chi connectivity index (χ3n) is 3.31. The van der Waals surface area contributed by atoms with Gasteiger partial charge in [0, 0.05) is 18.7 Å². The Bertz CT molecular complexity index is 448. The zero-order chi connectivity index (χ0) is 13.7. The molecule has 3 nitrogen and oxygen atoms in total. The van der Waals surface area contributed by atoms with Crippen molar-refractivity contribution in [3.63, 3.8) is 0 Å². The zero-order valence-electron chi connectivity index (χ0n) is 12.1. The van der Waals surface area contributed by atoms with E-state index >= 15 is 0 Å². The van der Waals surface area contributed by atoms with Gasteiger partial charge in [-0.3, -0.25) is 0 Å². The zero-order valence-corrected chi connectivity index (χ0v) is 12.1. The lowest BCUT2D eigenvalue weighted by Gasteiger charge is -2.29. The Kier molecular flexibility index (Phi) is 4.72. The summed E-state index contributed by atoms with van der Waals surface area (Å²) in [4.78, 5) is 2.42. The molecule has 0 unspecified atom stereocenters. The van der Waals surface area contributed by atoms with Gasteiger partial charge in [-0.05, 0) is 37.1 Å². The van der Waals surface area contributed by atoms with Crippen LogP contribution in [-0.4, -0.2) is 31.7 Å². The van der Waals surface area contributed by atoms with E-state index in [2.05, 4.69) is 24.8 Å². The Hall–Kier alpha value is -1.64. The number of methoxy groups -OCH3 is 1. The van der Waals surface area contributed by atoms with Crippen molar-refractivity contribution in [2.24, 2.45) is 0 Å². The molecule has 0 N–H and O–H groups in total. The molecule has 0 aliphatic carbocycles. The Labute approximate surface area is 115 Å². The summed E-state index contributed by atoms with van der Waals surface area (Å²) < 4.78 is 11.1. The second-order valence-electron chi connectivity index (χ2n) is 4.82. The van der Waals surface area contributed by atoms with Crippen molar-refractivity contribution in [3.8, 4) is 11.5 Å². The molecule has 1 aliphatic rings. The van der Waals surface area contributed by atoms with Crippen molar-refractivity contribution >= 4 is 6.08 Å². The Morgan fingerprint density at radius 1 is 1.21 bits per heavy atom. The third-order valence-corrected chi connectivity index (χ3v) is 3.31. The molecule has 0 spiro atoms. The first-order valence-corrected chi connectivity index (χ1v) is 7.04. The monoisotopic (exact) mass is 261 g/mol. The molecule has 0 saturated carbocycles. The lowest BCUT2D eigenvalue weighted by atomic mass is 10.1. The van der Waals surface area contributed by atoms with Gasteiger partial charge in [0.15, 0.2) is 0 Å². The first-order valence-electron chi connectivity index (χ1n) is 7.04. The molecular weight excluding hydrogens is 238 g/mol. The summed E-state index contributed by atoms with van der Waals surface area (Å²) in [6.45, 7) is 7.26. The minimum Gasteiger partial charge on any atom is -0.497 e. The fourth-order valence-electron chi connectivity index (χ4n) is 2.39. The molecule has 19 heavy (non-hydrogen) atoms. The lowest BCUT2D eigenvalue weighted by molar-refractivity contribution is 0.262. The molecular formula is C16H23NO2. The van der Waals surface area contributed by atoms with E-state index in [4.69, 9.17) is 9.47 Å². The number of ether oxygens (including phenoxy) is 2. The summed E-state index contributed by atoms with van der Waals surface area (Å²) >= 11 is 0. The number of fused-ring (bicyclic) bond motifs is 1. The molecule has 104 valence electrons. The van der Waals surface area contributed by atoms with E-state index in [1.165, 1.54) is 5.70 Å². The summed E-state index contributed by atoms with van der Waals surface area (Å²) in [5.41, 5.74) is 2.38. The SMILES string of the molecule is CCCN(CCC)C1=Cc2cc(OC)ccc2OC1. The minimum absolute atomic E-state index is 0.666. The van der Waals surface area contributed by atoms with Gasteiger partial charge in [0.05, 0.1) is 12.8 Å². The number of nitrogens with zero attached hydrogens (tertiary/aromatic N) is 1. The number of hydrogen-bond acceptors (Lipinski definition) is 3. The van der Waals surface area contributed by atoms with Gasteiger partial charge in [-0.1, -0.05) is 13.8 Å². The number of benzene rings is 1. The minimum atomic E-state index is 0.666. The topological polar surface area (TPSA) is 21.7 Å². The number of hydrogen-bond donors (Lipinski definition) is 0. The molecule has 1 aromatic rings. The van der Waals surface area contributed by atoms with Crippen LogP contribution in [0, 0.1) is 0 Å². The van der Waals surface area contributed by atoms with E-state index in [9.17, 15) is 0 Å². The van der Waals surface area contributed by atoms with Gasteiger partial charge in [0.1, 0.15) is 18.1 Å². The van der Waals surface area contributed by atoms with Crippen LogP contribution in [0.4, 0.5) is 0 Å². The fourth-order valence-corrected chi connectivity index (χ4v) is 2.39. The van der Waals surface area contributed by atoms with Crippen molar-refractivity contribution in [3.05, 3.63) is 29.5 Å². The molecule has 0 radical (unpaired) electrons. The molecule has 2 rings (SSSR count). The van der Waals surface area contributed by atoms with Gasteiger partial charge in [-0.15, -0.1) is 0 Å². The van der Waals surface area contributed by atoms with E-state index in [1.807, 2.05) is 18.2 Å². The van der Waals surface area contributed by atoms with Gasteiger partial charge < -0.3 is 14.4 Å². The summed E-state index contributed by atoms with van der Waals surface area (Å²) in [6, 6.07) is 5.95. The molecule has 3 heteroatoms. The van der Waals surface area contributed by atoms with Crippen LogP contribution < -0.4 is 9.47 Å². The predicted molar refractivity (Wildman–Crippen MR) is 78.6 cm³/mol. The predicted octanol–water partition coefficient (Wildman–Crippen LogP) is 3.55. The van der Waals surface area contributed by atoms with Gasteiger partial charge in [-0.2, -0.15) is 0 Å². The summed E-state index contributed by atoms with van der Waals surface area (Å²) in [7, 11) is 1.69. The van der Waals surface area contributed by atoms with Crippen molar-refractivity contribution in [1.82, 2.24) is 4.90 Å². The molecule has 1 aliphatic heterocycles. The standard InChI is InChI=1S/C16H23NO2/c1-4-8-17(9-5-2)14-10-13-11-15(18-3)6-7-16(13)19-12-14/h6-7,10-11H,4-5,8-9,12H2,1-3H3. The molecule has 1 aromatic carbocycles. The van der Waals surface area contributed by atoms with E-state index in [1.54, 1.807) is 7.11 Å². The second-order valence-corrected chi connectivity index (χ2v) is 4.82. The maximum Gasteiger partial charge on any atom is 0.128 e. The average Bonchev–Trinajstić information content (AvgIpc) is 2.46. The summed E-state index contributed by atoms with van der Waals surface area (Å²) in [6.07, 6.45) is 4.54. The van der Waals surface area contributed by atoms with Gasteiger partial charge >= 0.3 is 0 Å². The van der Waals surface area contributed by atoms with Gasteiger partial charge in [-0.25, -0.2) is 0 Å². The first kappa shape index (κ1) is 13.8. The van der Waals surface area contributed by atoms with Gasteiger partial charge in [0.2, 0.25) is 0 Å². The normalized spacial score (nSPS) is 13.3. The highest BCUT2D eigenvalue weighted by Gasteiger charge is 2.16. The third kappa shape index (κ3) is 3.22. The largest absolute Gasteiger partial charge is 0.497 e. The average molecular weight is 261 g/mol. The molecule has 0 saturated heterocycles. The molecule has 0 bridgehead atoms. The van der Waals surface area contributed by atoms with E-state index < -0.39 is 0 Å². The molecule has 0 fully saturated rings. The molecule has 0 aromatic heterocycles. The number of rotatable bonds is 6. The van der Waals surface area contributed by atoms with E-state index in [0.717, 1.165) is 43.0 Å². The highest BCUT2D eigenvalue weighted by atomic mass is 16.5. The van der Waals surface area contributed by atoms with Crippen LogP contribution in [0.3, 0.4) is 0 Å². The summed E-state index contributed by atoms with van der Waals surface area (Å²) in [5.74, 6) is 1.81. The lowest BCUT2D eigenvalue weighted by Crippen LogP contribution is -2.29. The quantitative estimate of drug-likeness (QED) is 0.781. The molecule has 1 heterocycles. The van der Waals surface area contributed by atoms with Crippen molar-refractivity contribution in [2.75, 3.05) is 26.8 Å². The first-order chi connectivity index (χ1) is 9.28. The highest BCUT2D eigenvalue weighted by molar-refractivity contribution is 5.63. The van der Waals surface area contributed by atoms with Crippen molar-refractivity contribution < 1.29 is 9.47 Å². The van der Waals surface area contributed by atoms with Crippen LogP contribution in [0.1, 0.15) is 32.3 Å². The second kappa shape index (κ2) is 6.50. The van der Waals surface area contributed by atoms with E-state index in [-0.39, 0.29) is 0 Å². The Morgan fingerprint density at radius 3 is 2.58 bits per heavy atom. The Balaban J connectivity index is 2.24. The van der Waals surface area contributed by atoms with Crippen LogP contribution in [0.25, 0.3) is 6.08 Å². The maximum atomic E-state index is 5.84. The van der Waals surface area contributed by atoms with Crippen molar-refractivity contribution in [2.45, 2.75) is 26.7 Å². The van der Waals surface area contributed by atoms with Crippen LogP contribution in [0.15, 0.2) is 23.9 Å². The molecule has 0 atom stereocenters. The van der Waals surface area contributed by atoms with Crippen molar-refractivity contribution in [1.29, 1.82) is 0 Å². The van der Waals surface area contributed by atoms with Gasteiger partial charge in [0.25, 0.3) is 0 Å². The van der Waals surface area contributed by atoms with E-state index in [0.29, 0.717) is 6.61 Å². The summed E-state index contributed by atoms with van der Waals surface area (Å²) in [5, 5.41) is 0. The highest BCUT2D eigenvalue weighted by Crippen LogP contribution is 2.30. The Morgan fingerprint density at radius 2 is 1.95 bits per heavy atom. The van der Waals surface area contributed by atoms with Crippen LogP contribution >= 0.6 is 0 Å².